The fraction of sp³-hybridized carbons (Fsp3) is 0.615. The largest absolute Gasteiger partial charge is 0.392 e. The van der Waals surface area contributed by atoms with Crippen LogP contribution in [0.3, 0.4) is 0 Å². The molecule has 2 heterocycles. The van der Waals surface area contributed by atoms with E-state index in [2.05, 4.69) is 31.0 Å². The van der Waals surface area contributed by atoms with Gasteiger partial charge in [0.1, 0.15) is 0 Å². The minimum Gasteiger partial charge on any atom is -0.392 e. The normalized spacial score (nSPS) is 18.1. The Hall–Kier alpha value is -1.18. The van der Waals surface area contributed by atoms with Crippen molar-refractivity contribution in [3.8, 4) is 0 Å². The third-order valence-corrected chi connectivity index (χ3v) is 5.46. The standard InChI is InChI=1S/C13H21N3O3S/c1-13(2,3)11-4-6-16(7-5-11)20(18,19)12-10(9-17)8-14-15-12/h4,8,17H,5-7,9H2,1-3H3,(H,14,15). The predicted octanol–water partition coefficient (Wildman–Crippen LogP) is 1.27. The first kappa shape index (κ1) is 15.2. The second-order valence-electron chi connectivity index (χ2n) is 5.97. The molecule has 0 aliphatic carbocycles. The molecule has 7 heteroatoms. The first-order valence-corrected chi connectivity index (χ1v) is 8.03. The highest BCUT2D eigenvalue weighted by atomic mass is 32.2. The molecule has 1 aromatic heterocycles. The molecule has 20 heavy (non-hydrogen) atoms. The van der Waals surface area contributed by atoms with Gasteiger partial charge in [-0.15, -0.1) is 0 Å². The average Bonchev–Trinajstić information content (AvgIpc) is 2.87. The molecule has 0 bridgehead atoms. The minimum atomic E-state index is -3.62. The highest BCUT2D eigenvalue weighted by Gasteiger charge is 2.31. The molecule has 1 aromatic rings. The van der Waals surface area contributed by atoms with E-state index in [-0.39, 0.29) is 17.0 Å². The van der Waals surface area contributed by atoms with Gasteiger partial charge >= 0.3 is 0 Å². The van der Waals surface area contributed by atoms with Gasteiger partial charge in [-0.25, -0.2) is 8.42 Å². The summed E-state index contributed by atoms with van der Waals surface area (Å²) in [5.74, 6) is 0. The molecule has 2 rings (SSSR count). The van der Waals surface area contributed by atoms with Gasteiger partial charge in [0.05, 0.1) is 12.8 Å². The second-order valence-corrected chi connectivity index (χ2v) is 7.85. The smallest absolute Gasteiger partial charge is 0.260 e. The van der Waals surface area contributed by atoms with E-state index < -0.39 is 10.0 Å². The van der Waals surface area contributed by atoms with E-state index in [4.69, 9.17) is 5.11 Å². The predicted molar refractivity (Wildman–Crippen MR) is 75.4 cm³/mol. The van der Waals surface area contributed by atoms with Crippen molar-refractivity contribution in [3.05, 3.63) is 23.4 Å². The Bertz CT molecular complexity index is 611. The number of hydrogen-bond acceptors (Lipinski definition) is 4. The van der Waals surface area contributed by atoms with E-state index in [1.165, 1.54) is 16.1 Å². The Balaban J connectivity index is 2.24. The lowest BCUT2D eigenvalue weighted by Gasteiger charge is -2.31. The van der Waals surface area contributed by atoms with E-state index in [9.17, 15) is 8.42 Å². The van der Waals surface area contributed by atoms with Crippen LogP contribution in [-0.2, 0) is 16.6 Å². The number of aliphatic hydroxyl groups excluding tert-OH is 1. The fourth-order valence-electron chi connectivity index (χ4n) is 2.31. The summed E-state index contributed by atoms with van der Waals surface area (Å²) in [6.07, 6.45) is 4.05. The van der Waals surface area contributed by atoms with Crippen LogP contribution < -0.4 is 0 Å². The zero-order chi connectivity index (χ0) is 15.0. The number of nitrogens with zero attached hydrogens (tertiary/aromatic N) is 2. The number of nitrogens with one attached hydrogen (secondary N) is 1. The Labute approximate surface area is 119 Å². The zero-order valence-electron chi connectivity index (χ0n) is 12.0. The molecular weight excluding hydrogens is 278 g/mol. The highest BCUT2D eigenvalue weighted by Crippen LogP contribution is 2.31. The van der Waals surface area contributed by atoms with Crippen LogP contribution in [0.5, 0.6) is 0 Å². The van der Waals surface area contributed by atoms with Gasteiger partial charge in [-0.2, -0.15) is 9.40 Å². The van der Waals surface area contributed by atoms with Crippen LogP contribution >= 0.6 is 0 Å². The molecule has 112 valence electrons. The van der Waals surface area contributed by atoms with Crippen LogP contribution in [0.15, 0.2) is 22.9 Å². The number of sulfonamides is 1. The molecule has 0 atom stereocenters. The van der Waals surface area contributed by atoms with E-state index in [0.29, 0.717) is 18.7 Å². The Morgan fingerprint density at radius 1 is 1.45 bits per heavy atom. The van der Waals surface area contributed by atoms with Gasteiger partial charge in [-0.1, -0.05) is 32.4 Å². The third-order valence-electron chi connectivity index (χ3n) is 3.58. The molecule has 0 unspecified atom stereocenters. The summed E-state index contributed by atoms with van der Waals surface area (Å²) in [5.41, 5.74) is 1.65. The van der Waals surface area contributed by atoms with Gasteiger partial charge in [0.25, 0.3) is 10.0 Å². The van der Waals surface area contributed by atoms with Crippen LogP contribution in [-0.4, -0.2) is 41.1 Å². The molecule has 0 spiro atoms. The lowest BCUT2D eigenvalue weighted by atomic mass is 9.83. The minimum absolute atomic E-state index is 0.00684. The SMILES string of the molecule is CC(C)(C)C1=CCN(S(=O)(=O)c2[nH]ncc2CO)CC1. The molecule has 0 amide bonds. The number of aliphatic hydroxyl groups is 1. The first-order valence-electron chi connectivity index (χ1n) is 6.59. The van der Waals surface area contributed by atoms with Gasteiger partial charge in [0, 0.05) is 18.7 Å². The van der Waals surface area contributed by atoms with Crippen LogP contribution in [0.25, 0.3) is 0 Å². The van der Waals surface area contributed by atoms with Crippen LogP contribution in [0, 0.1) is 5.41 Å². The molecule has 1 aliphatic rings. The number of H-pyrrole nitrogens is 1. The maximum absolute atomic E-state index is 12.5. The Morgan fingerprint density at radius 2 is 2.15 bits per heavy atom. The van der Waals surface area contributed by atoms with E-state index >= 15 is 0 Å². The maximum atomic E-state index is 12.5. The molecule has 6 nitrogen and oxygen atoms in total. The fourth-order valence-corrected chi connectivity index (χ4v) is 3.79. The van der Waals surface area contributed by atoms with Gasteiger partial charge in [0.2, 0.25) is 0 Å². The topological polar surface area (TPSA) is 86.3 Å². The maximum Gasteiger partial charge on any atom is 0.260 e. The second kappa shape index (κ2) is 5.31. The lowest BCUT2D eigenvalue weighted by Crippen LogP contribution is -2.37. The summed E-state index contributed by atoms with van der Waals surface area (Å²) < 4.78 is 26.4. The molecule has 0 saturated carbocycles. The summed E-state index contributed by atoms with van der Waals surface area (Å²) in [6, 6.07) is 0. The molecule has 1 aliphatic heterocycles. The van der Waals surface area contributed by atoms with Gasteiger partial charge in [0.15, 0.2) is 5.03 Å². The molecule has 0 saturated heterocycles. The number of aromatic nitrogens is 2. The highest BCUT2D eigenvalue weighted by molar-refractivity contribution is 7.89. The first-order chi connectivity index (χ1) is 9.26. The molecular formula is C13H21N3O3S. The molecule has 0 radical (unpaired) electrons. The summed E-state index contributed by atoms with van der Waals surface area (Å²) in [5, 5.41) is 15.3. The summed E-state index contributed by atoms with van der Waals surface area (Å²) in [6.45, 7) is 6.85. The monoisotopic (exact) mass is 299 g/mol. The van der Waals surface area contributed by atoms with Crippen molar-refractivity contribution in [1.29, 1.82) is 0 Å². The number of hydrogen-bond donors (Lipinski definition) is 2. The summed E-state index contributed by atoms with van der Waals surface area (Å²) >= 11 is 0. The van der Waals surface area contributed by atoms with Crippen LogP contribution in [0.1, 0.15) is 32.8 Å². The quantitative estimate of drug-likeness (QED) is 0.823. The number of aromatic amines is 1. The van der Waals surface area contributed by atoms with E-state index in [1.54, 1.807) is 0 Å². The number of rotatable bonds is 3. The van der Waals surface area contributed by atoms with Crippen molar-refractivity contribution >= 4 is 10.0 Å². The third kappa shape index (κ3) is 2.79. The van der Waals surface area contributed by atoms with Crippen molar-refractivity contribution in [1.82, 2.24) is 14.5 Å². The van der Waals surface area contributed by atoms with Crippen molar-refractivity contribution < 1.29 is 13.5 Å². The van der Waals surface area contributed by atoms with Gasteiger partial charge < -0.3 is 5.11 Å². The van der Waals surface area contributed by atoms with Crippen molar-refractivity contribution in [2.45, 2.75) is 38.8 Å². The molecule has 0 aromatic carbocycles. The van der Waals surface area contributed by atoms with Crippen molar-refractivity contribution in [2.75, 3.05) is 13.1 Å². The van der Waals surface area contributed by atoms with Crippen molar-refractivity contribution in [2.24, 2.45) is 5.41 Å². The Morgan fingerprint density at radius 3 is 2.65 bits per heavy atom. The van der Waals surface area contributed by atoms with Gasteiger partial charge in [-0.05, 0) is 11.8 Å². The lowest BCUT2D eigenvalue weighted by molar-refractivity contribution is 0.278. The zero-order valence-corrected chi connectivity index (χ0v) is 12.9. The van der Waals surface area contributed by atoms with Gasteiger partial charge in [-0.3, -0.25) is 5.10 Å². The molecule has 0 fully saturated rings. The van der Waals surface area contributed by atoms with Crippen LogP contribution in [0.2, 0.25) is 0 Å². The average molecular weight is 299 g/mol. The summed E-state index contributed by atoms with van der Waals surface area (Å²) in [7, 11) is -3.62. The van der Waals surface area contributed by atoms with Crippen LogP contribution in [0.4, 0.5) is 0 Å². The Kier molecular flexibility index (Phi) is 4.04. The summed E-state index contributed by atoms with van der Waals surface area (Å²) in [4.78, 5) is 0. The van der Waals surface area contributed by atoms with Crippen molar-refractivity contribution in [3.63, 3.8) is 0 Å². The van der Waals surface area contributed by atoms with E-state index in [0.717, 1.165) is 6.42 Å². The van der Waals surface area contributed by atoms with E-state index in [1.807, 2.05) is 6.08 Å². The molecule has 2 N–H and O–H groups in total.